The van der Waals surface area contributed by atoms with E-state index in [1.165, 1.54) is 0 Å². The number of para-hydroxylation sites is 1. The van der Waals surface area contributed by atoms with E-state index in [0.29, 0.717) is 29.2 Å². The van der Waals surface area contributed by atoms with Gasteiger partial charge in [-0.3, -0.25) is 0 Å². The standard InChI is InChI=1S/C28H22N2O5/c1-32-25-10-5-9-21-23-17-22(24-11-6-16-33-24)29-30(23)27(35-26(21)25)18-12-14-20(15-13-18)34-28(31)19-7-3-2-4-8-19/h2-16,23,27H,17H2,1H3/t23-,27-/m1/s1. The van der Waals surface area contributed by atoms with Gasteiger partial charge in [0.2, 0.25) is 6.23 Å². The van der Waals surface area contributed by atoms with Gasteiger partial charge in [-0.25, -0.2) is 9.80 Å². The molecule has 0 fully saturated rings. The van der Waals surface area contributed by atoms with Gasteiger partial charge in [0, 0.05) is 17.5 Å². The minimum Gasteiger partial charge on any atom is -0.493 e. The van der Waals surface area contributed by atoms with Gasteiger partial charge in [-0.2, -0.15) is 5.10 Å². The van der Waals surface area contributed by atoms with Gasteiger partial charge in [0.1, 0.15) is 17.2 Å². The van der Waals surface area contributed by atoms with Crippen LogP contribution in [0.15, 0.2) is 101 Å². The van der Waals surface area contributed by atoms with Crippen LogP contribution in [0.25, 0.3) is 0 Å². The molecule has 0 aliphatic carbocycles. The normalized spacial score (nSPS) is 18.2. The summed E-state index contributed by atoms with van der Waals surface area (Å²) in [4.78, 5) is 12.4. The second kappa shape index (κ2) is 8.68. The van der Waals surface area contributed by atoms with Crippen LogP contribution < -0.4 is 14.2 Å². The monoisotopic (exact) mass is 466 g/mol. The molecule has 0 saturated carbocycles. The minimum atomic E-state index is -0.491. The topological polar surface area (TPSA) is 73.5 Å². The number of carbonyl (C=O) groups excluding carboxylic acids is 1. The predicted octanol–water partition coefficient (Wildman–Crippen LogP) is 5.75. The van der Waals surface area contributed by atoms with Crippen molar-refractivity contribution in [2.75, 3.05) is 7.11 Å². The lowest BCUT2D eigenvalue weighted by Crippen LogP contribution is -2.33. The van der Waals surface area contributed by atoms with Crippen molar-refractivity contribution in [1.82, 2.24) is 5.01 Å². The summed E-state index contributed by atoms with van der Waals surface area (Å²) in [6.07, 6.45) is 1.84. The maximum absolute atomic E-state index is 12.4. The Bertz CT molecular complexity index is 1380. The molecule has 174 valence electrons. The first-order valence-electron chi connectivity index (χ1n) is 11.3. The Morgan fingerprint density at radius 1 is 0.971 bits per heavy atom. The van der Waals surface area contributed by atoms with Gasteiger partial charge in [-0.05, 0) is 54.6 Å². The Balaban J connectivity index is 1.32. The fraction of sp³-hybridized carbons (Fsp3) is 0.143. The van der Waals surface area contributed by atoms with Crippen molar-refractivity contribution in [3.63, 3.8) is 0 Å². The van der Waals surface area contributed by atoms with Crippen LogP contribution in [-0.4, -0.2) is 23.8 Å². The zero-order valence-corrected chi connectivity index (χ0v) is 19.0. The number of furan rings is 1. The molecule has 2 atom stereocenters. The third kappa shape index (κ3) is 3.81. The first-order chi connectivity index (χ1) is 17.2. The molecule has 3 aromatic carbocycles. The fourth-order valence-corrected chi connectivity index (χ4v) is 4.50. The lowest BCUT2D eigenvalue weighted by atomic mass is 9.97. The van der Waals surface area contributed by atoms with Crippen LogP contribution in [0.2, 0.25) is 0 Å². The van der Waals surface area contributed by atoms with Crippen molar-refractivity contribution in [2.45, 2.75) is 18.7 Å². The number of methoxy groups -OCH3 is 1. The molecule has 2 aliphatic rings. The van der Waals surface area contributed by atoms with Gasteiger partial charge in [0.25, 0.3) is 0 Å². The smallest absolute Gasteiger partial charge is 0.343 e. The number of carbonyl (C=O) groups is 1. The van der Waals surface area contributed by atoms with Gasteiger partial charge in [-0.15, -0.1) is 0 Å². The molecule has 4 aromatic rings. The summed E-state index contributed by atoms with van der Waals surface area (Å²) in [5.41, 5.74) is 3.24. The van der Waals surface area contributed by atoms with E-state index >= 15 is 0 Å². The lowest BCUT2D eigenvalue weighted by molar-refractivity contribution is -0.0209. The second-order valence-electron chi connectivity index (χ2n) is 8.30. The molecule has 0 spiro atoms. The molecule has 0 radical (unpaired) electrons. The van der Waals surface area contributed by atoms with Gasteiger partial charge < -0.3 is 18.6 Å². The van der Waals surface area contributed by atoms with Crippen LogP contribution in [0, 0.1) is 0 Å². The zero-order chi connectivity index (χ0) is 23.8. The fourth-order valence-electron chi connectivity index (χ4n) is 4.50. The summed E-state index contributed by atoms with van der Waals surface area (Å²) >= 11 is 0. The number of nitrogens with zero attached hydrogens (tertiary/aromatic N) is 2. The maximum Gasteiger partial charge on any atom is 0.343 e. The third-order valence-electron chi connectivity index (χ3n) is 6.19. The first kappa shape index (κ1) is 21.0. The summed E-state index contributed by atoms with van der Waals surface area (Å²) in [6, 6.07) is 25.8. The van der Waals surface area contributed by atoms with Crippen LogP contribution in [0.4, 0.5) is 0 Å². The van der Waals surface area contributed by atoms with E-state index < -0.39 is 12.2 Å². The molecule has 2 aliphatic heterocycles. The molecule has 7 nitrogen and oxygen atoms in total. The lowest BCUT2D eigenvalue weighted by Gasteiger charge is -2.38. The van der Waals surface area contributed by atoms with Crippen LogP contribution in [0.1, 0.15) is 45.9 Å². The molecule has 0 amide bonds. The highest BCUT2D eigenvalue weighted by Crippen LogP contribution is 2.50. The number of fused-ring (bicyclic) bond motifs is 3. The molecule has 0 bridgehead atoms. The minimum absolute atomic E-state index is 0.0328. The number of ether oxygens (including phenoxy) is 3. The molecule has 0 saturated heterocycles. The molecule has 0 N–H and O–H groups in total. The van der Waals surface area contributed by atoms with Crippen LogP contribution >= 0.6 is 0 Å². The number of benzene rings is 3. The van der Waals surface area contributed by atoms with E-state index in [-0.39, 0.29) is 6.04 Å². The quantitative estimate of drug-likeness (QED) is 0.275. The Kier molecular flexibility index (Phi) is 5.22. The average Bonchev–Trinajstić information content (AvgIpc) is 3.59. The SMILES string of the molecule is COc1cccc2c1O[C@H](c1ccc(OC(=O)c3ccccc3)cc1)N1N=C(c3ccco3)C[C@H]21. The Labute approximate surface area is 202 Å². The second-order valence-corrected chi connectivity index (χ2v) is 8.30. The van der Waals surface area contributed by atoms with E-state index in [4.69, 9.17) is 23.7 Å². The summed E-state index contributed by atoms with van der Waals surface area (Å²) in [6.45, 7) is 0. The van der Waals surface area contributed by atoms with E-state index in [1.54, 1.807) is 49.8 Å². The van der Waals surface area contributed by atoms with Crippen molar-refractivity contribution in [3.05, 3.63) is 114 Å². The highest BCUT2D eigenvalue weighted by atomic mass is 16.5. The molecule has 7 heteroatoms. The van der Waals surface area contributed by atoms with Gasteiger partial charge in [0.05, 0.1) is 25.0 Å². The molecule has 35 heavy (non-hydrogen) atoms. The molecule has 6 rings (SSSR count). The number of rotatable bonds is 5. The highest BCUT2D eigenvalue weighted by molar-refractivity contribution is 5.99. The van der Waals surface area contributed by atoms with Gasteiger partial charge in [-0.1, -0.05) is 30.3 Å². The summed E-state index contributed by atoms with van der Waals surface area (Å²) in [5, 5.41) is 6.84. The average molecular weight is 466 g/mol. The van der Waals surface area contributed by atoms with Crippen LogP contribution in [0.5, 0.6) is 17.2 Å². The van der Waals surface area contributed by atoms with Crippen LogP contribution in [-0.2, 0) is 0 Å². The number of esters is 1. The molecule has 1 aromatic heterocycles. The molecular weight excluding hydrogens is 444 g/mol. The Morgan fingerprint density at radius 2 is 1.80 bits per heavy atom. The first-order valence-corrected chi connectivity index (χ1v) is 11.3. The zero-order valence-electron chi connectivity index (χ0n) is 19.0. The van der Waals surface area contributed by atoms with Crippen molar-refractivity contribution in [3.8, 4) is 17.2 Å². The molecule has 0 unspecified atom stereocenters. The third-order valence-corrected chi connectivity index (χ3v) is 6.19. The van der Waals surface area contributed by atoms with Crippen molar-refractivity contribution >= 4 is 11.7 Å². The van der Waals surface area contributed by atoms with Gasteiger partial charge in [0.15, 0.2) is 11.5 Å². The highest BCUT2D eigenvalue weighted by Gasteiger charge is 2.42. The summed E-state index contributed by atoms with van der Waals surface area (Å²) < 4.78 is 23.2. The van der Waals surface area contributed by atoms with E-state index in [0.717, 1.165) is 22.6 Å². The molecule has 3 heterocycles. The summed E-state index contributed by atoms with van der Waals surface area (Å²) in [7, 11) is 1.63. The van der Waals surface area contributed by atoms with Crippen molar-refractivity contribution in [2.24, 2.45) is 5.10 Å². The van der Waals surface area contributed by atoms with E-state index in [9.17, 15) is 4.79 Å². The van der Waals surface area contributed by atoms with E-state index in [2.05, 4.69) is 0 Å². The van der Waals surface area contributed by atoms with E-state index in [1.807, 2.05) is 53.5 Å². The maximum atomic E-state index is 12.4. The summed E-state index contributed by atoms with van der Waals surface area (Å²) in [5.74, 6) is 2.17. The van der Waals surface area contributed by atoms with Gasteiger partial charge >= 0.3 is 5.97 Å². The Hall–Kier alpha value is -4.52. The predicted molar refractivity (Wildman–Crippen MR) is 129 cm³/mol. The number of hydrazone groups is 1. The van der Waals surface area contributed by atoms with Crippen molar-refractivity contribution in [1.29, 1.82) is 0 Å². The Morgan fingerprint density at radius 3 is 2.54 bits per heavy atom. The molecular formula is C28H22N2O5. The number of hydrogen-bond donors (Lipinski definition) is 0. The number of hydrogen-bond acceptors (Lipinski definition) is 7. The van der Waals surface area contributed by atoms with Crippen molar-refractivity contribution < 1.29 is 23.4 Å². The largest absolute Gasteiger partial charge is 0.493 e. The van der Waals surface area contributed by atoms with Crippen LogP contribution in [0.3, 0.4) is 0 Å².